The summed E-state index contributed by atoms with van der Waals surface area (Å²) in [6.07, 6.45) is 2.71. The Bertz CT molecular complexity index is 1220. The van der Waals surface area contributed by atoms with Crippen LogP contribution in [0.4, 0.5) is 15.9 Å². The SMILES string of the molecule is C=C1NCCc2cc(-c3cc(-c4ccc(N5CCN(C)C=N5)cc4)c(F)nc3N)ccc21. The molecule has 7 heteroatoms. The third kappa shape index (κ3) is 3.66. The lowest BCUT2D eigenvalue weighted by atomic mass is 9.93. The number of fused-ring (bicyclic) bond motifs is 1. The number of anilines is 2. The van der Waals surface area contributed by atoms with Gasteiger partial charge in [0, 0.05) is 42.5 Å². The predicted octanol–water partition coefficient (Wildman–Crippen LogP) is 3.95. The molecule has 0 radical (unpaired) electrons. The van der Waals surface area contributed by atoms with E-state index in [2.05, 4.69) is 28.0 Å². The van der Waals surface area contributed by atoms with Gasteiger partial charge in [-0.3, -0.25) is 5.01 Å². The summed E-state index contributed by atoms with van der Waals surface area (Å²) < 4.78 is 14.8. The Morgan fingerprint density at radius 2 is 1.78 bits per heavy atom. The van der Waals surface area contributed by atoms with Crippen molar-refractivity contribution in [2.75, 3.05) is 37.4 Å². The highest BCUT2D eigenvalue weighted by Crippen LogP contribution is 2.34. The maximum absolute atomic E-state index is 14.8. The van der Waals surface area contributed by atoms with Crippen molar-refractivity contribution in [1.82, 2.24) is 15.2 Å². The second-order valence-corrected chi connectivity index (χ2v) is 8.17. The highest BCUT2D eigenvalue weighted by Gasteiger charge is 2.17. The molecule has 0 bridgehead atoms. The van der Waals surface area contributed by atoms with Crippen LogP contribution in [-0.4, -0.2) is 42.9 Å². The van der Waals surface area contributed by atoms with Crippen LogP contribution >= 0.6 is 0 Å². The largest absolute Gasteiger partial charge is 0.385 e. The standard InChI is InChI=1S/C25H25FN6/c1-16-21-8-5-18(13-19(21)9-10-28-16)23-14-22(24(26)30-25(23)27)17-3-6-20(7-4-17)32-12-11-31(2)15-29-32/h3-8,13-15,28H,1,9-12H2,2H3,(H2,27,30). The van der Waals surface area contributed by atoms with E-state index in [1.165, 1.54) is 5.56 Å². The molecule has 0 atom stereocenters. The minimum Gasteiger partial charge on any atom is -0.385 e. The van der Waals surface area contributed by atoms with Gasteiger partial charge in [0.25, 0.3) is 0 Å². The fraction of sp³-hybridized carbons (Fsp3) is 0.200. The minimum absolute atomic E-state index is 0.183. The number of rotatable bonds is 3. The molecule has 2 aliphatic heterocycles. The molecule has 0 saturated heterocycles. The molecule has 0 aliphatic carbocycles. The van der Waals surface area contributed by atoms with E-state index < -0.39 is 5.95 Å². The molecule has 2 aliphatic rings. The fourth-order valence-electron chi connectivity index (χ4n) is 4.17. The van der Waals surface area contributed by atoms with Crippen molar-refractivity contribution in [2.24, 2.45) is 5.10 Å². The molecule has 1 aromatic heterocycles. The molecular formula is C25H25FN6. The van der Waals surface area contributed by atoms with E-state index in [-0.39, 0.29) is 5.82 Å². The zero-order chi connectivity index (χ0) is 22.2. The van der Waals surface area contributed by atoms with E-state index in [1.54, 1.807) is 12.4 Å². The Hall–Kier alpha value is -3.87. The van der Waals surface area contributed by atoms with E-state index in [0.717, 1.165) is 59.7 Å². The second-order valence-electron chi connectivity index (χ2n) is 8.17. The van der Waals surface area contributed by atoms with Crippen LogP contribution in [0.2, 0.25) is 0 Å². The van der Waals surface area contributed by atoms with Gasteiger partial charge in [0.2, 0.25) is 5.95 Å². The van der Waals surface area contributed by atoms with Gasteiger partial charge in [0.1, 0.15) is 12.2 Å². The molecule has 2 aromatic carbocycles. The van der Waals surface area contributed by atoms with Gasteiger partial charge in [-0.15, -0.1) is 0 Å². The summed E-state index contributed by atoms with van der Waals surface area (Å²) in [7, 11) is 1.99. The zero-order valence-electron chi connectivity index (χ0n) is 18.0. The highest BCUT2D eigenvalue weighted by atomic mass is 19.1. The van der Waals surface area contributed by atoms with Gasteiger partial charge in [-0.25, -0.2) is 4.98 Å². The van der Waals surface area contributed by atoms with Crippen LogP contribution in [0.3, 0.4) is 0 Å². The predicted molar refractivity (Wildman–Crippen MR) is 129 cm³/mol. The third-order valence-electron chi connectivity index (χ3n) is 6.01. The number of nitrogen functional groups attached to an aromatic ring is 1. The Balaban J connectivity index is 1.49. The molecular weight excluding hydrogens is 403 g/mol. The average molecular weight is 429 g/mol. The lowest BCUT2D eigenvalue weighted by Crippen LogP contribution is -2.35. The molecule has 32 heavy (non-hydrogen) atoms. The summed E-state index contributed by atoms with van der Waals surface area (Å²) >= 11 is 0. The fourth-order valence-corrected chi connectivity index (χ4v) is 4.17. The van der Waals surface area contributed by atoms with Gasteiger partial charge in [-0.05, 0) is 41.3 Å². The van der Waals surface area contributed by atoms with E-state index >= 15 is 0 Å². The first-order valence-corrected chi connectivity index (χ1v) is 10.6. The van der Waals surface area contributed by atoms with Crippen LogP contribution in [0.15, 0.2) is 60.2 Å². The first kappa shape index (κ1) is 20.1. The topological polar surface area (TPSA) is 69.8 Å². The quantitative estimate of drug-likeness (QED) is 0.619. The summed E-state index contributed by atoms with van der Waals surface area (Å²) in [6, 6.07) is 15.6. The van der Waals surface area contributed by atoms with Crippen LogP contribution in [0, 0.1) is 5.95 Å². The number of halogens is 1. The van der Waals surface area contributed by atoms with E-state index in [4.69, 9.17) is 5.73 Å². The van der Waals surface area contributed by atoms with Crippen LogP contribution in [0.5, 0.6) is 0 Å². The number of nitrogens with one attached hydrogen (secondary N) is 1. The molecule has 0 fully saturated rings. The first-order chi connectivity index (χ1) is 15.5. The van der Waals surface area contributed by atoms with Gasteiger partial charge in [-0.1, -0.05) is 36.9 Å². The summed E-state index contributed by atoms with van der Waals surface area (Å²) in [5.74, 6) is -0.394. The molecule has 3 heterocycles. The van der Waals surface area contributed by atoms with Crippen LogP contribution in [0.1, 0.15) is 11.1 Å². The molecule has 0 saturated carbocycles. The van der Waals surface area contributed by atoms with Gasteiger partial charge < -0.3 is 16.0 Å². The third-order valence-corrected chi connectivity index (χ3v) is 6.01. The Labute approximate surface area is 186 Å². The number of benzene rings is 2. The number of hydrazone groups is 1. The normalized spacial score (nSPS) is 15.5. The summed E-state index contributed by atoms with van der Waals surface area (Å²) in [5, 5.41) is 9.64. The molecule has 162 valence electrons. The van der Waals surface area contributed by atoms with Gasteiger partial charge >= 0.3 is 0 Å². The first-order valence-electron chi connectivity index (χ1n) is 10.6. The number of pyridine rings is 1. The van der Waals surface area contributed by atoms with Gasteiger partial charge in [0.05, 0.1) is 12.2 Å². The number of hydrogen-bond acceptors (Lipinski definition) is 6. The highest BCUT2D eigenvalue weighted by molar-refractivity contribution is 5.82. The van der Waals surface area contributed by atoms with Crippen molar-refractivity contribution in [3.05, 3.63) is 72.2 Å². The minimum atomic E-state index is -0.577. The Morgan fingerprint density at radius 1 is 1.00 bits per heavy atom. The zero-order valence-corrected chi connectivity index (χ0v) is 18.0. The van der Waals surface area contributed by atoms with Crippen molar-refractivity contribution in [3.63, 3.8) is 0 Å². The van der Waals surface area contributed by atoms with Crippen molar-refractivity contribution >= 4 is 23.5 Å². The number of hydrogen-bond donors (Lipinski definition) is 2. The van der Waals surface area contributed by atoms with E-state index in [1.807, 2.05) is 53.4 Å². The van der Waals surface area contributed by atoms with Crippen LogP contribution in [-0.2, 0) is 6.42 Å². The summed E-state index contributed by atoms with van der Waals surface area (Å²) in [6.45, 7) is 6.62. The summed E-state index contributed by atoms with van der Waals surface area (Å²) in [4.78, 5) is 6.05. The van der Waals surface area contributed by atoms with Crippen molar-refractivity contribution in [2.45, 2.75) is 6.42 Å². The number of aromatic nitrogens is 1. The molecule has 5 rings (SSSR count). The molecule has 3 aromatic rings. The lowest BCUT2D eigenvalue weighted by molar-refractivity contribution is 0.493. The number of nitrogens with two attached hydrogens (primary N) is 1. The lowest BCUT2D eigenvalue weighted by Gasteiger charge is -2.27. The molecule has 0 amide bonds. The molecule has 0 spiro atoms. The van der Waals surface area contributed by atoms with Crippen LogP contribution in [0.25, 0.3) is 28.0 Å². The average Bonchev–Trinajstić information content (AvgIpc) is 2.80. The molecule has 6 nitrogen and oxygen atoms in total. The monoisotopic (exact) mass is 428 g/mol. The van der Waals surface area contributed by atoms with Crippen LogP contribution < -0.4 is 16.1 Å². The Morgan fingerprint density at radius 3 is 2.53 bits per heavy atom. The number of nitrogens with zero attached hydrogens (tertiary/aromatic N) is 4. The maximum atomic E-state index is 14.8. The van der Waals surface area contributed by atoms with Gasteiger partial charge in [-0.2, -0.15) is 9.49 Å². The smallest absolute Gasteiger partial charge is 0.222 e. The summed E-state index contributed by atoms with van der Waals surface area (Å²) in [5.41, 5.74) is 13.1. The van der Waals surface area contributed by atoms with Crippen molar-refractivity contribution in [1.29, 1.82) is 0 Å². The number of likely N-dealkylation sites (N-methyl/N-ethyl adjacent to an activating group) is 1. The maximum Gasteiger partial charge on any atom is 0.222 e. The molecule has 0 unspecified atom stereocenters. The van der Waals surface area contributed by atoms with E-state index in [9.17, 15) is 4.39 Å². The Kier molecular flexibility index (Phi) is 5.01. The van der Waals surface area contributed by atoms with E-state index in [0.29, 0.717) is 5.56 Å². The van der Waals surface area contributed by atoms with Gasteiger partial charge in [0.15, 0.2) is 0 Å². The van der Waals surface area contributed by atoms with Crippen molar-refractivity contribution < 1.29 is 4.39 Å². The molecule has 3 N–H and O–H groups in total. The van der Waals surface area contributed by atoms with Crippen molar-refractivity contribution in [3.8, 4) is 22.3 Å². The second kappa shape index (κ2) is 8.00.